The molecule has 1 heterocycles. The Morgan fingerprint density at radius 3 is 2.78 bits per heavy atom. The molecule has 0 amide bonds. The third-order valence-electron chi connectivity index (χ3n) is 3.29. The van der Waals surface area contributed by atoms with Gasteiger partial charge in [-0.15, -0.1) is 11.3 Å². The second-order valence-corrected chi connectivity index (χ2v) is 6.60. The molecule has 0 radical (unpaired) electrons. The second-order valence-electron chi connectivity index (χ2n) is 5.46. The van der Waals surface area contributed by atoms with Crippen molar-refractivity contribution in [3.05, 3.63) is 32.3 Å². The molecule has 1 aliphatic rings. The minimum atomic E-state index is 0.610. The molecule has 1 aromatic rings. The molecule has 0 saturated carbocycles. The van der Waals surface area contributed by atoms with Crippen molar-refractivity contribution in [2.24, 2.45) is 0 Å². The van der Waals surface area contributed by atoms with E-state index in [1.54, 1.807) is 10.4 Å². The van der Waals surface area contributed by atoms with E-state index in [0.29, 0.717) is 5.92 Å². The van der Waals surface area contributed by atoms with E-state index < -0.39 is 0 Å². The van der Waals surface area contributed by atoms with Crippen molar-refractivity contribution in [2.45, 2.75) is 32.6 Å². The number of fused-ring (bicyclic) bond motifs is 1. The van der Waals surface area contributed by atoms with Crippen LogP contribution in [0.3, 0.4) is 0 Å². The highest BCUT2D eigenvalue weighted by molar-refractivity contribution is 7.10. The van der Waals surface area contributed by atoms with Gasteiger partial charge in [-0.1, -0.05) is 38.2 Å². The van der Waals surface area contributed by atoms with Crippen LogP contribution in [0.2, 0.25) is 0 Å². The molecular weight excluding hydrogens is 238 g/mol. The van der Waals surface area contributed by atoms with E-state index in [2.05, 4.69) is 57.1 Å². The molecule has 0 saturated heterocycles. The van der Waals surface area contributed by atoms with Crippen LogP contribution >= 0.6 is 11.3 Å². The van der Waals surface area contributed by atoms with Crippen LogP contribution in [-0.4, -0.2) is 25.5 Å². The zero-order valence-corrected chi connectivity index (χ0v) is 12.7. The first-order valence-corrected chi connectivity index (χ1v) is 7.54. The van der Waals surface area contributed by atoms with E-state index in [9.17, 15) is 0 Å². The molecule has 0 unspecified atom stereocenters. The summed E-state index contributed by atoms with van der Waals surface area (Å²) < 4.78 is 1.47. The predicted molar refractivity (Wildman–Crippen MR) is 82.6 cm³/mol. The molecule has 0 fully saturated rings. The lowest BCUT2D eigenvalue weighted by Gasteiger charge is -2.11. The Bertz CT molecular complexity index is 546. The number of nitrogens with zero attached hydrogens (tertiary/aromatic N) is 1. The molecule has 98 valence electrons. The van der Waals surface area contributed by atoms with Crippen LogP contribution in [-0.2, 0) is 6.42 Å². The van der Waals surface area contributed by atoms with Crippen LogP contribution in [0.4, 0.5) is 0 Å². The molecular formula is C16H23NS. The first-order valence-electron chi connectivity index (χ1n) is 6.73. The zero-order chi connectivity index (χ0) is 13.1. The Morgan fingerprint density at radius 1 is 1.33 bits per heavy atom. The fourth-order valence-corrected chi connectivity index (χ4v) is 3.79. The summed E-state index contributed by atoms with van der Waals surface area (Å²) >= 11 is 1.99. The van der Waals surface area contributed by atoms with Gasteiger partial charge in [0.2, 0.25) is 0 Å². The summed E-state index contributed by atoms with van der Waals surface area (Å²) in [7, 11) is 4.29. The standard InChI is InChI=1S/C16H23NS/c1-12(2)16-13-8-6-5-7-9-14(13)18-15(16)10-11-17(3)4/h5-6,8-9,12H,7,10-11H2,1-4H3. The highest BCUT2D eigenvalue weighted by atomic mass is 32.1. The van der Waals surface area contributed by atoms with Crippen LogP contribution in [0.25, 0.3) is 12.2 Å². The molecule has 2 rings (SSSR count). The average Bonchev–Trinajstić information content (AvgIpc) is 2.49. The van der Waals surface area contributed by atoms with Crippen molar-refractivity contribution in [1.82, 2.24) is 4.90 Å². The van der Waals surface area contributed by atoms with Crippen molar-refractivity contribution in [2.75, 3.05) is 20.6 Å². The molecule has 1 nitrogen and oxygen atoms in total. The van der Waals surface area contributed by atoms with Gasteiger partial charge in [0.25, 0.3) is 0 Å². The van der Waals surface area contributed by atoms with Crippen molar-refractivity contribution < 1.29 is 0 Å². The zero-order valence-electron chi connectivity index (χ0n) is 11.9. The molecule has 0 bridgehead atoms. The van der Waals surface area contributed by atoms with Gasteiger partial charge in [0, 0.05) is 16.0 Å². The fraction of sp³-hybridized carbons (Fsp3) is 0.500. The van der Waals surface area contributed by atoms with Gasteiger partial charge in [-0.3, -0.25) is 0 Å². The lowest BCUT2D eigenvalue weighted by Crippen LogP contribution is -2.22. The van der Waals surface area contributed by atoms with E-state index in [1.807, 2.05) is 11.3 Å². The second kappa shape index (κ2) is 5.85. The van der Waals surface area contributed by atoms with Gasteiger partial charge >= 0.3 is 0 Å². The van der Waals surface area contributed by atoms with Gasteiger partial charge in [0.1, 0.15) is 0 Å². The third-order valence-corrected chi connectivity index (χ3v) is 4.57. The fourth-order valence-electron chi connectivity index (χ4n) is 2.41. The first kappa shape index (κ1) is 13.6. The summed E-state index contributed by atoms with van der Waals surface area (Å²) in [5.41, 5.74) is 1.57. The molecule has 0 N–H and O–H groups in total. The smallest absolute Gasteiger partial charge is 0.0311 e. The van der Waals surface area contributed by atoms with E-state index in [0.717, 1.165) is 13.0 Å². The minimum Gasteiger partial charge on any atom is -0.309 e. The molecule has 2 heteroatoms. The lowest BCUT2D eigenvalue weighted by molar-refractivity contribution is 0.414. The number of rotatable bonds is 4. The molecule has 0 aliphatic heterocycles. The lowest BCUT2D eigenvalue weighted by atomic mass is 10.00. The Labute approximate surface area is 114 Å². The maximum atomic E-state index is 2.37. The van der Waals surface area contributed by atoms with Gasteiger partial charge in [0.15, 0.2) is 0 Å². The maximum absolute atomic E-state index is 2.37. The maximum Gasteiger partial charge on any atom is 0.0311 e. The van der Waals surface area contributed by atoms with E-state index >= 15 is 0 Å². The largest absolute Gasteiger partial charge is 0.309 e. The quantitative estimate of drug-likeness (QED) is 0.805. The topological polar surface area (TPSA) is 3.24 Å². The van der Waals surface area contributed by atoms with Crippen LogP contribution in [0.5, 0.6) is 0 Å². The van der Waals surface area contributed by atoms with Crippen molar-refractivity contribution >= 4 is 23.5 Å². The summed E-state index contributed by atoms with van der Waals surface area (Å²) in [6, 6.07) is 0. The Hall–Kier alpha value is -0.860. The monoisotopic (exact) mass is 261 g/mol. The van der Waals surface area contributed by atoms with Crippen molar-refractivity contribution in [1.29, 1.82) is 0 Å². The number of hydrogen-bond acceptors (Lipinski definition) is 2. The summed E-state index contributed by atoms with van der Waals surface area (Å²) in [5, 5.41) is 1.47. The minimum absolute atomic E-state index is 0.610. The van der Waals surface area contributed by atoms with Crippen LogP contribution in [0, 0.1) is 0 Å². The van der Waals surface area contributed by atoms with Gasteiger partial charge in [0.05, 0.1) is 0 Å². The van der Waals surface area contributed by atoms with Gasteiger partial charge in [-0.25, -0.2) is 0 Å². The number of allylic oxidation sites excluding steroid dienone is 2. The molecule has 18 heavy (non-hydrogen) atoms. The highest BCUT2D eigenvalue weighted by Gasteiger charge is 2.13. The van der Waals surface area contributed by atoms with E-state index in [1.165, 1.54) is 16.2 Å². The van der Waals surface area contributed by atoms with Crippen molar-refractivity contribution in [3.8, 4) is 0 Å². The first-order chi connectivity index (χ1) is 8.59. The van der Waals surface area contributed by atoms with E-state index in [-0.39, 0.29) is 0 Å². The number of hydrogen-bond donors (Lipinski definition) is 0. The van der Waals surface area contributed by atoms with Gasteiger partial charge < -0.3 is 4.90 Å². The molecule has 0 aromatic carbocycles. The van der Waals surface area contributed by atoms with Crippen LogP contribution < -0.4 is 9.75 Å². The predicted octanol–water partition coefficient (Wildman–Crippen LogP) is 2.50. The highest BCUT2D eigenvalue weighted by Crippen LogP contribution is 2.19. The summed E-state index contributed by atoms with van der Waals surface area (Å²) in [6.07, 6.45) is 11.3. The summed E-state index contributed by atoms with van der Waals surface area (Å²) in [6.45, 7) is 5.75. The van der Waals surface area contributed by atoms with Crippen LogP contribution in [0.15, 0.2) is 12.2 Å². The molecule has 1 aromatic heterocycles. The average molecular weight is 261 g/mol. The number of likely N-dealkylation sites (N-methyl/N-ethyl adjacent to an activating group) is 1. The van der Waals surface area contributed by atoms with Gasteiger partial charge in [-0.2, -0.15) is 0 Å². The summed E-state index contributed by atoms with van der Waals surface area (Å²) in [5.74, 6) is 0.610. The van der Waals surface area contributed by atoms with Crippen LogP contribution in [0.1, 0.15) is 36.6 Å². The molecule has 0 atom stereocenters. The Morgan fingerprint density at radius 2 is 2.11 bits per heavy atom. The normalized spacial score (nSPS) is 14.3. The molecule has 1 aliphatic carbocycles. The number of thiophene rings is 1. The van der Waals surface area contributed by atoms with E-state index in [4.69, 9.17) is 0 Å². The SMILES string of the molecule is CC(C)c1c(CCN(C)C)sc2c1=CC=CCC=2. The Balaban J connectivity index is 2.48. The van der Waals surface area contributed by atoms with Gasteiger partial charge in [-0.05, 0) is 43.6 Å². The molecule has 0 spiro atoms. The summed E-state index contributed by atoms with van der Waals surface area (Å²) in [4.78, 5) is 3.84. The Kier molecular flexibility index (Phi) is 4.41. The third kappa shape index (κ3) is 2.93. The van der Waals surface area contributed by atoms with Crippen molar-refractivity contribution in [3.63, 3.8) is 0 Å².